The van der Waals surface area contributed by atoms with Gasteiger partial charge >= 0.3 is 5.91 Å². The number of rotatable bonds is 5. The highest BCUT2D eigenvalue weighted by atomic mass is 32.1. The average Bonchev–Trinajstić information content (AvgIpc) is 3.37. The average molecular weight is 361 g/mol. The van der Waals surface area contributed by atoms with Gasteiger partial charge in [0.05, 0.1) is 16.3 Å². The number of amides is 1. The number of nitrogens with zero attached hydrogens (tertiary/aromatic N) is 3. The molecule has 2 aromatic carbocycles. The molecule has 6 nitrogen and oxygen atoms in total. The fourth-order valence-electron chi connectivity index (χ4n) is 2.43. The van der Waals surface area contributed by atoms with Gasteiger partial charge in [-0.25, -0.2) is 9.67 Å². The molecule has 0 radical (unpaired) electrons. The summed E-state index contributed by atoms with van der Waals surface area (Å²) in [4.78, 5) is 17.9. The second kappa shape index (κ2) is 7.20. The van der Waals surface area contributed by atoms with Gasteiger partial charge in [-0.05, 0) is 35.7 Å². The van der Waals surface area contributed by atoms with Crippen molar-refractivity contribution < 1.29 is 4.79 Å². The third-order valence-electron chi connectivity index (χ3n) is 3.65. The molecular weight excluding hydrogens is 346 g/mol. The highest BCUT2D eigenvalue weighted by molar-refractivity contribution is 7.13. The van der Waals surface area contributed by atoms with Crippen molar-refractivity contribution in [2.45, 2.75) is 0 Å². The first-order valence-electron chi connectivity index (χ1n) is 7.99. The normalized spacial score (nSPS) is 10.5. The second-order valence-corrected chi connectivity index (χ2v) is 6.38. The summed E-state index contributed by atoms with van der Waals surface area (Å²) in [5.74, 6) is 0.332. The Morgan fingerprint density at radius 3 is 2.35 bits per heavy atom. The van der Waals surface area contributed by atoms with Crippen LogP contribution >= 0.6 is 11.3 Å². The molecule has 26 heavy (non-hydrogen) atoms. The molecule has 0 bridgehead atoms. The van der Waals surface area contributed by atoms with E-state index in [0.29, 0.717) is 5.82 Å². The van der Waals surface area contributed by atoms with Crippen molar-refractivity contribution in [1.82, 2.24) is 20.2 Å². The molecule has 7 heteroatoms. The maximum absolute atomic E-state index is 12.5. The molecule has 0 saturated heterocycles. The number of anilines is 1. The second-order valence-electron chi connectivity index (χ2n) is 5.43. The van der Waals surface area contributed by atoms with Crippen molar-refractivity contribution in [2.24, 2.45) is 0 Å². The Labute approximate surface area is 154 Å². The smallest absolute Gasteiger partial charge is 0.298 e. The Bertz CT molecular complexity index is 997. The predicted octanol–water partition coefficient (Wildman–Crippen LogP) is 3.75. The summed E-state index contributed by atoms with van der Waals surface area (Å²) in [7, 11) is 0. The summed E-state index contributed by atoms with van der Waals surface area (Å²) < 4.78 is 1.68. The molecule has 2 N–H and O–H groups in total. The van der Waals surface area contributed by atoms with E-state index in [1.165, 1.54) is 0 Å². The Kier molecular flexibility index (Phi) is 4.44. The van der Waals surface area contributed by atoms with Crippen molar-refractivity contribution in [3.63, 3.8) is 0 Å². The Morgan fingerprint density at radius 2 is 1.65 bits per heavy atom. The zero-order valence-electron chi connectivity index (χ0n) is 13.7. The summed E-state index contributed by atoms with van der Waals surface area (Å²) in [5, 5.41) is 6.38. The summed E-state index contributed by atoms with van der Waals surface area (Å²) in [6.07, 6.45) is 0. The number of carbonyl (C=O) groups is 1. The van der Waals surface area contributed by atoms with E-state index in [9.17, 15) is 4.79 Å². The number of carbonyl (C=O) groups excluding carboxylic acids is 1. The van der Waals surface area contributed by atoms with Gasteiger partial charge in [-0.2, -0.15) is 0 Å². The fraction of sp³-hybridized carbons (Fsp3) is 0. The Morgan fingerprint density at radius 1 is 0.923 bits per heavy atom. The van der Waals surface area contributed by atoms with Crippen molar-refractivity contribution >= 4 is 22.9 Å². The lowest BCUT2D eigenvalue weighted by Crippen LogP contribution is -2.30. The number of hydrogen-bond donors (Lipinski definition) is 2. The van der Waals surface area contributed by atoms with Crippen molar-refractivity contribution in [3.05, 3.63) is 84.0 Å². The minimum atomic E-state index is -0.402. The van der Waals surface area contributed by atoms with Crippen LogP contribution in [0.15, 0.2) is 78.2 Å². The molecule has 0 aliphatic rings. The van der Waals surface area contributed by atoms with E-state index in [4.69, 9.17) is 0 Å². The molecule has 0 unspecified atom stereocenters. The molecule has 0 fully saturated rings. The molecule has 4 rings (SSSR count). The minimum absolute atomic E-state index is 0.0979. The van der Waals surface area contributed by atoms with Crippen LogP contribution in [0, 0.1) is 0 Å². The lowest BCUT2D eigenvalue weighted by molar-refractivity contribution is 0.0952. The quantitative estimate of drug-likeness (QED) is 0.531. The summed E-state index contributed by atoms with van der Waals surface area (Å²) in [5.41, 5.74) is 7.11. The number of thiophene rings is 1. The van der Waals surface area contributed by atoms with Crippen LogP contribution in [-0.4, -0.2) is 20.7 Å². The number of nitrogens with one attached hydrogen (secondary N) is 2. The van der Waals surface area contributed by atoms with Crippen LogP contribution in [-0.2, 0) is 0 Å². The van der Waals surface area contributed by atoms with Crippen molar-refractivity contribution in [1.29, 1.82) is 0 Å². The van der Waals surface area contributed by atoms with Crippen LogP contribution < -0.4 is 10.9 Å². The molecular formula is C19H15N5OS. The Balaban J connectivity index is 1.64. The van der Waals surface area contributed by atoms with Gasteiger partial charge < -0.3 is 0 Å². The predicted molar refractivity (Wildman–Crippen MR) is 102 cm³/mol. The molecule has 0 aliphatic carbocycles. The molecule has 0 aliphatic heterocycles. The van der Waals surface area contributed by atoms with Gasteiger partial charge in [0.1, 0.15) is 0 Å². The highest BCUT2D eigenvalue weighted by Crippen LogP contribution is 2.25. The standard InChI is InChI=1S/C19H15N5OS/c25-19(22-21-14-8-3-1-4-9-14)17-20-18(16-12-7-13-26-16)24(23-17)15-10-5-2-6-11-15/h1-13,21H,(H,22,25). The van der Waals surface area contributed by atoms with E-state index in [1.54, 1.807) is 16.0 Å². The first-order valence-corrected chi connectivity index (χ1v) is 8.87. The first-order chi connectivity index (χ1) is 12.8. The van der Waals surface area contributed by atoms with Gasteiger partial charge in [-0.3, -0.25) is 15.6 Å². The van der Waals surface area contributed by atoms with E-state index < -0.39 is 5.91 Å². The molecule has 1 amide bonds. The van der Waals surface area contributed by atoms with Gasteiger partial charge in [-0.15, -0.1) is 16.4 Å². The summed E-state index contributed by atoms with van der Waals surface area (Å²) in [6.45, 7) is 0. The van der Waals surface area contributed by atoms with E-state index in [0.717, 1.165) is 16.3 Å². The summed E-state index contributed by atoms with van der Waals surface area (Å²) >= 11 is 1.55. The molecule has 0 atom stereocenters. The van der Waals surface area contributed by atoms with Crippen molar-refractivity contribution in [3.8, 4) is 16.4 Å². The maximum Gasteiger partial charge on any atom is 0.309 e. The van der Waals surface area contributed by atoms with E-state index >= 15 is 0 Å². The van der Waals surface area contributed by atoms with Crippen LogP contribution in [0.4, 0.5) is 5.69 Å². The molecule has 2 aromatic heterocycles. The van der Waals surface area contributed by atoms with Crippen LogP contribution in [0.2, 0.25) is 0 Å². The van der Waals surface area contributed by atoms with Crippen LogP contribution in [0.5, 0.6) is 0 Å². The summed E-state index contributed by atoms with van der Waals surface area (Å²) in [6, 6.07) is 22.9. The lowest BCUT2D eigenvalue weighted by Gasteiger charge is -2.05. The number of hydrazine groups is 1. The number of aromatic nitrogens is 3. The Hall–Kier alpha value is -3.45. The molecule has 0 saturated carbocycles. The highest BCUT2D eigenvalue weighted by Gasteiger charge is 2.19. The van der Waals surface area contributed by atoms with Gasteiger partial charge in [-0.1, -0.05) is 42.5 Å². The number of benzene rings is 2. The third kappa shape index (κ3) is 3.33. The fourth-order valence-corrected chi connectivity index (χ4v) is 3.13. The monoisotopic (exact) mass is 361 g/mol. The van der Waals surface area contributed by atoms with E-state index in [-0.39, 0.29) is 5.82 Å². The zero-order valence-corrected chi connectivity index (χ0v) is 14.5. The number of para-hydroxylation sites is 2. The first kappa shape index (κ1) is 16.0. The topological polar surface area (TPSA) is 71.8 Å². The largest absolute Gasteiger partial charge is 0.309 e. The van der Waals surface area contributed by atoms with Crippen LogP contribution in [0.3, 0.4) is 0 Å². The van der Waals surface area contributed by atoms with Gasteiger partial charge in [0.15, 0.2) is 5.82 Å². The van der Waals surface area contributed by atoms with Crippen molar-refractivity contribution in [2.75, 3.05) is 5.43 Å². The zero-order chi connectivity index (χ0) is 17.8. The molecule has 4 aromatic rings. The van der Waals surface area contributed by atoms with Crippen LogP contribution in [0.25, 0.3) is 16.4 Å². The SMILES string of the molecule is O=C(NNc1ccccc1)c1nc(-c2cccs2)n(-c2ccccc2)n1. The molecule has 128 valence electrons. The third-order valence-corrected chi connectivity index (χ3v) is 4.51. The van der Waals surface area contributed by atoms with Gasteiger partial charge in [0.25, 0.3) is 0 Å². The van der Waals surface area contributed by atoms with E-state index in [1.807, 2.05) is 78.2 Å². The maximum atomic E-state index is 12.5. The van der Waals surface area contributed by atoms with Gasteiger partial charge in [0, 0.05) is 0 Å². The molecule has 2 heterocycles. The lowest BCUT2D eigenvalue weighted by atomic mass is 10.3. The minimum Gasteiger partial charge on any atom is -0.298 e. The van der Waals surface area contributed by atoms with Crippen LogP contribution in [0.1, 0.15) is 10.6 Å². The van der Waals surface area contributed by atoms with Gasteiger partial charge in [0.2, 0.25) is 5.82 Å². The molecule has 0 spiro atoms. The number of hydrogen-bond acceptors (Lipinski definition) is 5. The van der Waals surface area contributed by atoms with E-state index in [2.05, 4.69) is 20.9 Å².